The first-order chi connectivity index (χ1) is 9.10. The van der Waals surface area contributed by atoms with Gasteiger partial charge in [-0.15, -0.1) is 0 Å². The van der Waals surface area contributed by atoms with E-state index < -0.39 is 4.92 Å². The minimum Gasteiger partial charge on any atom is -0.494 e. The van der Waals surface area contributed by atoms with Crippen molar-refractivity contribution in [3.63, 3.8) is 0 Å². The number of benzene rings is 1. The molecular weight excluding hydrogens is 248 g/mol. The lowest BCUT2D eigenvalue weighted by Gasteiger charge is -2.09. The van der Waals surface area contributed by atoms with Crippen LogP contribution in [0.3, 0.4) is 0 Å². The predicted molar refractivity (Wildman–Crippen MR) is 70.2 cm³/mol. The number of nitrogens with zero attached hydrogens (tertiary/aromatic N) is 3. The highest BCUT2D eigenvalue weighted by molar-refractivity contribution is 5.60. The first-order valence-electron chi connectivity index (χ1n) is 5.64. The van der Waals surface area contributed by atoms with Crippen LogP contribution in [-0.4, -0.2) is 21.8 Å². The number of nitro groups is 1. The standard InChI is InChI=1S/C12H14N4O3/c1-15-8-9(7-14-15)6-13-11-4-3-10(16(17)18)5-12(11)19-2/h3-5,7-8,13H,6H2,1-2H3. The molecule has 0 saturated heterocycles. The zero-order valence-corrected chi connectivity index (χ0v) is 10.7. The summed E-state index contributed by atoms with van der Waals surface area (Å²) in [6.45, 7) is 0.571. The summed E-state index contributed by atoms with van der Waals surface area (Å²) in [4.78, 5) is 10.2. The van der Waals surface area contributed by atoms with Gasteiger partial charge in [0, 0.05) is 31.4 Å². The van der Waals surface area contributed by atoms with Gasteiger partial charge in [0.2, 0.25) is 0 Å². The van der Waals surface area contributed by atoms with Crippen LogP contribution in [0.4, 0.5) is 11.4 Å². The van der Waals surface area contributed by atoms with Gasteiger partial charge in [-0.25, -0.2) is 0 Å². The molecule has 0 aliphatic rings. The van der Waals surface area contributed by atoms with Crippen molar-refractivity contribution in [2.24, 2.45) is 7.05 Å². The van der Waals surface area contributed by atoms with Gasteiger partial charge in [0.1, 0.15) is 5.75 Å². The Kier molecular flexibility index (Phi) is 3.65. The molecule has 7 nitrogen and oxygen atoms in total. The van der Waals surface area contributed by atoms with Crippen molar-refractivity contribution >= 4 is 11.4 Å². The molecule has 0 aliphatic heterocycles. The highest BCUT2D eigenvalue weighted by Gasteiger charge is 2.11. The number of methoxy groups -OCH3 is 1. The van der Waals surface area contributed by atoms with Gasteiger partial charge in [0.05, 0.1) is 30.0 Å². The number of rotatable bonds is 5. The van der Waals surface area contributed by atoms with Crippen LogP contribution in [-0.2, 0) is 13.6 Å². The maximum absolute atomic E-state index is 10.7. The third-order valence-electron chi connectivity index (χ3n) is 2.64. The Bertz CT molecular complexity index is 594. The average Bonchev–Trinajstić information content (AvgIpc) is 2.81. The molecule has 0 bridgehead atoms. The molecule has 0 atom stereocenters. The number of non-ortho nitro benzene ring substituents is 1. The molecule has 0 unspecified atom stereocenters. The van der Waals surface area contributed by atoms with Crippen molar-refractivity contribution in [1.82, 2.24) is 9.78 Å². The predicted octanol–water partition coefficient (Wildman–Crippen LogP) is 1.95. The zero-order chi connectivity index (χ0) is 13.8. The highest BCUT2D eigenvalue weighted by Crippen LogP contribution is 2.29. The molecule has 7 heteroatoms. The van der Waals surface area contributed by atoms with E-state index in [1.54, 1.807) is 16.9 Å². The van der Waals surface area contributed by atoms with Gasteiger partial charge in [0.25, 0.3) is 5.69 Å². The van der Waals surface area contributed by atoms with Crippen LogP contribution in [0.15, 0.2) is 30.6 Å². The highest BCUT2D eigenvalue weighted by atomic mass is 16.6. The summed E-state index contributed by atoms with van der Waals surface area (Å²) in [5.41, 5.74) is 1.73. The average molecular weight is 262 g/mol. The fourth-order valence-corrected chi connectivity index (χ4v) is 1.70. The summed E-state index contributed by atoms with van der Waals surface area (Å²) >= 11 is 0. The minimum atomic E-state index is -0.451. The van der Waals surface area contributed by atoms with Crippen molar-refractivity contribution in [1.29, 1.82) is 0 Å². The molecule has 19 heavy (non-hydrogen) atoms. The molecular formula is C12H14N4O3. The smallest absolute Gasteiger partial charge is 0.273 e. The summed E-state index contributed by atoms with van der Waals surface area (Å²) in [7, 11) is 3.32. The number of ether oxygens (including phenoxy) is 1. The first kappa shape index (κ1) is 12.9. The van der Waals surface area contributed by atoms with Crippen LogP contribution in [0.5, 0.6) is 5.75 Å². The van der Waals surface area contributed by atoms with Gasteiger partial charge in [-0.2, -0.15) is 5.10 Å². The summed E-state index contributed by atoms with van der Waals surface area (Å²) in [5.74, 6) is 0.443. The molecule has 2 aromatic rings. The third kappa shape index (κ3) is 3.01. The van der Waals surface area contributed by atoms with Crippen molar-refractivity contribution in [3.8, 4) is 5.75 Å². The van der Waals surface area contributed by atoms with Crippen LogP contribution in [0.2, 0.25) is 0 Å². The maximum atomic E-state index is 10.7. The number of hydrogen-bond acceptors (Lipinski definition) is 5. The second-order valence-corrected chi connectivity index (χ2v) is 4.02. The van der Waals surface area contributed by atoms with Crippen molar-refractivity contribution in [2.75, 3.05) is 12.4 Å². The van der Waals surface area contributed by atoms with Gasteiger partial charge >= 0.3 is 0 Å². The van der Waals surface area contributed by atoms with Crippen LogP contribution in [0, 0.1) is 10.1 Å². The Hall–Kier alpha value is -2.57. The maximum Gasteiger partial charge on any atom is 0.273 e. The van der Waals surface area contributed by atoms with Crippen molar-refractivity contribution in [3.05, 3.63) is 46.3 Å². The Morgan fingerprint density at radius 3 is 2.89 bits per heavy atom. The largest absolute Gasteiger partial charge is 0.494 e. The Morgan fingerprint density at radius 1 is 1.53 bits per heavy atom. The lowest BCUT2D eigenvalue weighted by molar-refractivity contribution is -0.384. The first-order valence-corrected chi connectivity index (χ1v) is 5.64. The minimum absolute atomic E-state index is 0.00350. The van der Waals surface area contributed by atoms with E-state index in [4.69, 9.17) is 4.74 Å². The quantitative estimate of drug-likeness (QED) is 0.657. The zero-order valence-electron chi connectivity index (χ0n) is 10.7. The number of anilines is 1. The van der Waals surface area contributed by atoms with Crippen LogP contribution >= 0.6 is 0 Å². The summed E-state index contributed by atoms with van der Waals surface area (Å²) in [6.07, 6.45) is 3.65. The van der Waals surface area contributed by atoms with Gasteiger partial charge in [-0.3, -0.25) is 14.8 Å². The Morgan fingerprint density at radius 2 is 2.32 bits per heavy atom. The second kappa shape index (κ2) is 5.38. The number of hydrogen-bond donors (Lipinski definition) is 1. The SMILES string of the molecule is COc1cc([N+](=O)[O-])ccc1NCc1cnn(C)c1. The lowest BCUT2D eigenvalue weighted by Crippen LogP contribution is -2.01. The van der Waals surface area contributed by atoms with E-state index in [1.165, 1.54) is 19.2 Å². The van der Waals surface area contributed by atoms with Crippen LogP contribution in [0.25, 0.3) is 0 Å². The van der Waals surface area contributed by atoms with E-state index in [1.807, 2.05) is 13.2 Å². The van der Waals surface area contributed by atoms with Crippen LogP contribution in [0.1, 0.15) is 5.56 Å². The molecule has 0 aliphatic carbocycles. The van der Waals surface area contributed by atoms with E-state index in [2.05, 4.69) is 10.4 Å². The van der Waals surface area contributed by atoms with Gasteiger partial charge in [-0.05, 0) is 6.07 Å². The topological polar surface area (TPSA) is 82.2 Å². The molecule has 0 saturated carbocycles. The Balaban J connectivity index is 2.13. The summed E-state index contributed by atoms with van der Waals surface area (Å²) < 4.78 is 6.85. The van der Waals surface area contributed by atoms with E-state index in [0.717, 1.165) is 5.56 Å². The molecule has 0 amide bonds. The van der Waals surface area contributed by atoms with E-state index >= 15 is 0 Å². The molecule has 2 rings (SSSR count). The fraction of sp³-hybridized carbons (Fsp3) is 0.250. The van der Waals surface area contributed by atoms with E-state index in [0.29, 0.717) is 18.0 Å². The second-order valence-electron chi connectivity index (χ2n) is 4.02. The molecule has 100 valence electrons. The van der Waals surface area contributed by atoms with Crippen LogP contribution < -0.4 is 10.1 Å². The molecule has 1 N–H and O–H groups in total. The number of aryl methyl sites for hydroxylation is 1. The molecule has 0 fully saturated rings. The number of aromatic nitrogens is 2. The Labute approximate surface area is 110 Å². The summed E-state index contributed by atoms with van der Waals surface area (Å²) in [5, 5.41) is 17.9. The monoisotopic (exact) mass is 262 g/mol. The normalized spacial score (nSPS) is 10.2. The van der Waals surface area contributed by atoms with E-state index in [9.17, 15) is 10.1 Å². The van der Waals surface area contributed by atoms with Crippen molar-refractivity contribution < 1.29 is 9.66 Å². The summed E-state index contributed by atoms with van der Waals surface area (Å²) in [6, 6.07) is 4.47. The van der Waals surface area contributed by atoms with E-state index in [-0.39, 0.29) is 5.69 Å². The van der Waals surface area contributed by atoms with Gasteiger partial charge in [0.15, 0.2) is 0 Å². The fourth-order valence-electron chi connectivity index (χ4n) is 1.70. The van der Waals surface area contributed by atoms with Gasteiger partial charge < -0.3 is 10.1 Å². The molecule has 1 heterocycles. The molecule has 1 aromatic heterocycles. The number of nitrogens with one attached hydrogen (secondary N) is 1. The lowest BCUT2D eigenvalue weighted by atomic mass is 10.2. The van der Waals surface area contributed by atoms with Gasteiger partial charge in [-0.1, -0.05) is 0 Å². The van der Waals surface area contributed by atoms with Crippen molar-refractivity contribution in [2.45, 2.75) is 6.54 Å². The molecule has 0 radical (unpaired) electrons. The third-order valence-corrected chi connectivity index (χ3v) is 2.64. The molecule has 1 aromatic carbocycles. The molecule has 0 spiro atoms. The number of nitro benzene ring substituents is 1.